The van der Waals surface area contributed by atoms with Crippen molar-refractivity contribution in [2.45, 2.75) is 13.5 Å². The van der Waals surface area contributed by atoms with E-state index in [4.69, 9.17) is 15.2 Å². The first kappa shape index (κ1) is 19.5. The molecule has 0 atom stereocenters. The predicted octanol–water partition coefficient (Wildman–Crippen LogP) is 3.23. The summed E-state index contributed by atoms with van der Waals surface area (Å²) in [6.07, 6.45) is 0. The fourth-order valence-electron chi connectivity index (χ4n) is 2.17. The first-order valence-electron chi connectivity index (χ1n) is 7.75. The van der Waals surface area contributed by atoms with Gasteiger partial charge in [0.2, 0.25) is 0 Å². The van der Waals surface area contributed by atoms with Gasteiger partial charge in [0.1, 0.15) is 0 Å². The molecule has 0 saturated carbocycles. The predicted molar refractivity (Wildman–Crippen MR) is 100 cm³/mol. The van der Waals surface area contributed by atoms with E-state index in [1.165, 1.54) is 12.1 Å². The molecule has 0 aliphatic rings. The van der Waals surface area contributed by atoms with Crippen LogP contribution < -0.4 is 20.5 Å². The summed E-state index contributed by atoms with van der Waals surface area (Å²) in [5, 5.41) is 13.9. The van der Waals surface area contributed by atoms with Gasteiger partial charge >= 0.3 is 0 Å². The van der Waals surface area contributed by atoms with Crippen molar-refractivity contribution in [1.82, 2.24) is 0 Å². The molecule has 2 aromatic rings. The smallest absolute Gasteiger partial charge is 0.269 e. The SMILES string of the molecule is CCOc1cc(CNc2ccc([N+](=O)[O-])cc2)cc(Br)c1OCC(N)=O. The van der Waals surface area contributed by atoms with E-state index in [0.717, 1.165) is 11.3 Å². The second-order valence-electron chi connectivity index (χ2n) is 5.25. The summed E-state index contributed by atoms with van der Waals surface area (Å²) in [5.74, 6) is 0.316. The third kappa shape index (κ3) is 5.35. The van der Waals surface area contributed by atoms with Crippen molar-refractivity contribution in [3.05, 3.63) is 56.5 Å². The summed E-state index contributed by atoms with van der Waals surface area (Å²) in [6.45, 7) is 2.48. The third-order valence-electron chi connectivity index (χ3n) is 3.30. The van der Waals surface area contributed by atoms with Crippen LogP contribution in [0.15, 0.2) is 40.9 Å². The lowest BCUT2D eigenvalue weighted by Gasteiger charge is -2.15. The van der Waals surface area contributed by atoms with Gasteiger partial charge in [-0.1, -0.05) is 0 Å². The van der Waals surface area contributed by atoms with Gasteiger partial charge in [-0.25, -0.2) is 0 Å². The van der Waals surface area contributed by atoms with E-state index in [0.29, 0.717) is 29.1 Å². The number of anilines is 1. The molecule has 9 heteroatoms. The summed E-state index contributed by atoms with van der Waals surface area (Å²) < 4.78 is 11.6. The summed E-state index contributed by atoms with van der Waals surface area (Å²) in [7, 11) is 0. The molecule has 0 fully saturated rings. The van der Waals surface area contributed by atoms with Crippen LogP contribution in [0.1, 0.15) is 12.5 Å². The molecule has 0 aliphatic carbocycles. The largest absolute Gasteiger partial charge is 0.490 e. The van der Waals surface area contributed by atoms with Crippen molar-refractivity contribution in [3.63, 3.8) is 0 Å². The molecule has 3 N–H and O–H groups in total. The molecule has 0 bridgehead atoms. The number of rotatable bonds is 9. The van der Waals surface area contributed by atoms with Crippen LogP contribution in [0.2, 0.25) is 0 Å². The molecule has 2 rings (SSSR count). The Morgan fingerprint density at radius 3 is 2.54 bits per heavy atom. The number of hydrogen-bond acceptors (Lipinski definition) is 6. The van der Waals surface area contributed by atoms with Crippen LogP contribution in [0.4, 0.5) is 11.4 Å². The average Bonchev–Trinajstić information content (AvgIpc) is 2.59. The van der Waals surface area contributed by atoms with Gasteiger partial charge in [-0.2, -0.15) is 0 Å². The summed E-state index contributed by atoms with van der Waals surface area (Å²) >= 11 is 3.41. The molecule has 0 heterocycles. The highest BCUT2D eigenvalue weighted by atomic mass is 79.9. The first-order chi connectivity index (χ1) is 12.4. The highest BCUT2D eigenvalue weighted by Gasteiger charge is 2.13. The lowest BCUT2D eigenvalue weighted by atomic mass is 10.2. The number of nitro benzene ring substituents is 1. The zero-order valence-electron chi connectivity index (χ0n) is 14.0. The van der Waals surface area contributed by atoms with Crippen molar-refractivity contribution in [3.8, 4) is 11.5 Å². The van der Waals surface area contributed by atoms with Gasteiger partial charge in [0, 0.05) is 24.4 Å². The van der Waals surface area contributed by atoms with Crippen LogP contribution in [-0.4, -0.2) is 24.0 Å². The molecule has 26 heavy (non-hydrogen) atoms. The number of halogens is 1. The van der Waals surface area contributed by atoms with Crippen LogP contribution in [0.5, 0.6) is 11.5 Å². The van der Waals surface area contributed by atoms with E-state index in [-0.39, 0.29) is 12.3 Å². The number of non-ortho nitro benzene ring substituents is 1. The number of benzene rings is 2. The number of primary amides is 1. The maximum Gasteiger partial charge on any atom is 0.269 e. The Kier molecular flexibility index (Phi) is 6.79. The van der Waals surface area contributed by atoms with E-state index in [1.54, 1.807) is 18.2 Å². The molecular formula is C17H18BrN3O5. The first-order valence-corrected chi connectivity index (χ1v) is 8.54. The monoisotopic (exact) mass is 423 g/mol. The third-order valence-corrected chi connectivity index (χ3v) is 3.89. The maximum absolute atomic E-state index is 10.9. The zero-order chi connectivity index (χ0) is 19.1. The molecule has 0 radical (unpaired) electrons. The molecule has 0 saturated heterocycles. The molecule has 1 amide bonds. The van der Waals surface area contributed by atoms with E-state index >= 15 is 0 Å². The van der Waals surface area contributed by atoms with Crippen LogP contribution in [0.3, 0.4) is 0 Å². The van der Waals surface area contributed by atoms with Crippen molar-refractivity contribution in [2.24, 2.45) is 5.73 Å². The van der Waals surface area contributed by atoms with E-state index in [2.05, 4.69) is 21.2 Å². The van der Waals surface area contributed by atoms with Crippen molar-refractivity contribution in [2.75, 3.05) is 18.5 Å². The molecule has 0 aromatic heterocycles. The Morgan fingerprint density at radius 1 is 1.27 bits per heavy atom. The number of nitro groups is 1. The topological polar surface area (TPSA) is 117 Å². The van der Waals surface area contributed by atoms with Gasteiger partial charge < -0.3 is 20.5 Å². The van der Waals surface area contributed by atoms with Gasteiger partial charge in [0.05, 0.1) is 16.0 Å². The van der Waals surface area contributed by atoms with Crippen molar-refractivity contribution < 1.29 is 19.2 Å². The highest BCUT2D eigenvalue weighted by Crippen LogP contribution is 2.37. The highest BCUT2D eigenvalue weighted by molar-refractivity contribution is 9.10. The average molecular weight is 424 g/mol. The van der Waals surface area contributed by atoms with E-state index < -0.39 is 10.8 Å². The number of ether oxygens (including phenoxy) is 2. The van der Waals surface area contributed by atoms with Gasteiger partial charge in [-0.05, 0) is 52.7 Å². The summed E-state index contributed by atoms with van der Waals surface area (Å²) in [5.41, 5.74) is 6.79. The Labute approximate surface area is 158 Å². The van der Waals surface area contributed by atoms with Crippen molar-refractivity contribution in [1.29, 1.82) is 0 Å². The normalized spacial score (nSPS) is 10.2. The second kappa shape index (κ2) is 9.04. The zero-order valence-corrected chi connectivity index (χ0v) is 15.6. The fraction of sp³-hybridized carbons (Fsp3) is 0.235. The maximum atomic E-state index is 10.9. The van der Waals surface area contributed by atoms with Gasteiger partial charge in [0.25, 0.3) is 11.6 Å². The van der Waals surface area contributed by atoms with Gasteiger partial charge in [-0.3, -0.25) is 14.9 Å². The quantitative estimate of drug-likeness (QED) is 0.472. The lowest BCUT2D eigenvalue weighted by molar-refractivity contribution is -0.384. The molecule has 2 aromatic carbocycles. The Hall–Kier alpha value is -2.81. The minimum absolute atomic E-state index is 0.0351. The fourth-order valence-corrected chi connectivity index (χ4v) is 2.78. The molecule has 138 valence electrons. The Bertz CT molecular complexity index is 796. The number of nitrogens with two attached hydrogens (primary N) is 1. The lowest BCUT2D eigenvalue weighted by Crippen LogP contribution is -2.20. The molecule has 0 aliphatic heterocycles. The number of hydrogen-bond donors (Lipinski definition) is 2. The van der Waals surface area contributed by atoms with Crippen LogP contribution in [0, 0.1) is 10.1 Å². The molecular weight excluding hydrogens is 406 g/mol. The Balaban J connectivity index is 2.13. The van der Waals surface area contributed by atoms with E-state index in [1.807, 2.05) is 13.0 Å². The summed E-state index contributed by atoms with van der Waals surface area (Å²) in [6, 6.07) is 9.78. The van der Waals surface area contributed by atoms with Crippen molar-refractivity contribution >= 4 is 33.2 Å². The molecule has 8 nitrogen and oxygen atoms in total. The minimum Gasteiger partial charge on any atom is -0.490 e. The minimum atomic E-state index is -0.580. The summed E-state index contributed by atoms with van der Waals surface area (Å²) in [4.78, 5) is 21.2. The van der Waals surface area contributed by atoms with Crippen LogP contribution >= 0.6 is 15.9 Å². The number of nitrogens with zero attached hydrogens (tertiary/aromatic N) is 1. The standard InChI is InChI=1S/C17H18BrN3O5/c1-2-25-15-8-11(7-14(18)17(15)26-10-16(19)22)9-20-12-3-5-13(6-4-12)21(23)24/h3-8,20H,2,9-10H2,1H3,(H2,19,22). The second-order valence-corrected chi connectivity index (χ2v) is 6.10. The van der Waals surface area contributed by atoms with Crippen LogP contribution in [-0.2, 0) is 11.3 Å². The Morgan fingerprint density at radius 2 is 1.96 bits per heavy atom. The van der Waals surface area contributed by atoms with Gasteiger partial charge in [0.15, 0.2) is 18.1 Å². The number of nitrogens with one attached hydrogen (secondary N) is 1. The van der Waals surface area contributed by atoms with E-state index in [9.17, 15) is 14.9 Å². The molecule has 0 spiro atoms. The number of carbonyl (C=O) groups excluding carboxylic acids is 1. The number of amides is 1. The number of carbonyl (C=O) groups is 1. The van der Waals surface area contributed by atoms with Crippen LogP contribution in [0.25, 0.3) is 0 Å². The van der Waals surface area contributed by atoms with Gasteiger partial charge in [-0.15, -0.1) is 0 Å². The molecule has 0 unspecified atom stereocenters.